The van der Waals surface area contributed by atoms with Gasteiger partial charge in [-0.25, -0.2) is 9.97 Å². The van der Waals surface area contributed by atoms with Gasteiger partial charge in [0.05, 0.1) is 22.8 Å². The summed E-state index contributed by atoms with van der Waals surface area (Å²) in [4.78, 5) is 26.8. The second kappa shape index (κ2) is 3.47. The molecule has 0 atom stereocenters. The van der Waals surface area contributed by atoms with Gasteiger partial charge < -0.3 is 15.3 Å². The Morgan fingerprint density at radius 1 is 1.25 bits per heavy atom. The summed E-state index contributed by atoms with van der Waals surface area (Å²) in [6, 6.07) is 3.90. The highest BCUT2D eigenvalue weighted by atomic mass is 16.2. The molecule has 0 fully saturated rings. The summed E-state index contributed by atoms with van der Waals surface area (Å²) >= 11 is 0. The molecule has 100 valence electrons. The van der Waals surface area contributed by atoms with E-state index >= 15 is 0 Å². The molecule has 6 heteroatoms. The molecule has 4 rings (SSSR count). The Kier molecular flexibility index (Phi) is 1.95. The molecule has 3 heterocycles. The molecule has 0 spiro atoms. The average Bonchev–Trinajstić information content (AvgIpc) is 3.08. The number of aromatic nitrogens is 4. The highest BCUT2D eigenvalue weighted by Crippen LogP contribution is 2.39. The van der Waals surface area contributed by atoms with Gasteiger partial charge in [0.2, 0.25) is 5.91 Å². The SMILES string of the molecule is CC1(C)C(=O)Nc2cc3[nH]c(-c4c[nH]cn4)nc3cc21. The van der Waals surface area contributed by atoms with Crippen molar-refractivity contribution in [2.75, 3.05) is 5.32 Å². The monoisotopic (exact) mass is 267 g/mol. The van der Waals surface area contributed by atoms with E-state index in [1.54, 1.807) is 12.5 Å². The van der Waals surface area contributed by atoms with E-state index < -0.39 is 5.41 Å². The van der Waals surface area contributed by atoms with Crippen LogP contribution < -0.4 is 5.32 Å². The first-order chi connectivity index (χ1) is 9.55. The fourth-order valence-electron chi connectivity index (χ4n) is 2.59. The number of aromatic amines is 2. The fraction of sp³-hybridized carbons (Fsp3) is 0.214. The van der Waals surface area contributed by atoms with E-state index in [4.69, 9.17) is 0 Å². The van der Waals surface area contributed by atoms with E-state index in [1.165, 1.54) is 0 Å². The molecule has 1 aromatic carbocycles. The first-order valence-electron chi connectivity index (χ1n) is 6.40. The second-order valence-corrected chi connectivity index (χ2v) is 5.53. The minimum atomic E-state index is -0.519. The zero-order valence-corrected chi connectivity index (χ0v) is 11.1. The largest absolute Gasteiger partial charge is 0.350 e. The molecule has 1 amide bonds. The second-order valence-electron chi connectivity index (χ2n) is 5.53. The number of H-pyrrole nitrogens is 2. The number of carbonyl (C=O) groups excluding carboxylic acids is 1. The normalized spacial score (nSPS) is 16.4. The van der Waals surface area contributed by atoms with Crippen molar-refractivity contribution in [2.24, 2.45) is 0 Å². The van der Waals surface area contributed by atoms with Gasteiger partial charge in [0.25, 0.3) is 0 Å². The summed E-state index contributed by atoms with van der Waals surface area (Å²) in [5.41, 5.74) is 3.81. The number of carbonyl (C=O) groups is 1. The number of amides is 1. The summed E-state index contributed by atoms with van der Waals surface area (Å²) in [5, 5.41) is 2.92. The van der Waals surface area contributed by atoms with Crippen molar-refractivity contribution in [1.82, 2.24) is 19.9 Å². The van der Waals surface area contributed by atoms with Gasteiger partial charge in [-0.15, -0.1) is 0 Å². The maximum atomic E-state index is 12.0. The van der Waals surface area contributed by atoms with E-state index in [1.807, 2.05) is 26.0 Å². The molecule has 3 aromatic rings. The lowest BCUT2D eigenvalue weighted by Crippen LogP contribution is -2.26. The minimum Gasteiger partial charge on any atom is -0.350 e. The van der Waals surface area contributed by atoms with Crippen LogP contribution >= 0.6 is 0 Å². The van der Waals surface area contributed by atoms with Crippen molar-refractivity contribution in [3.05, 3.63) is 30.2 Å². The van der Waals surface area contributed by atoms with Crippen LogP contribution in [-0.4, -0.2) is 25.8 Å². The number of fused-ring (bicyclic) bond motifs is 2. The summed E-state index contributed by atoms with van der Waals surface area (Å²) < 4.78 is 0. The third kappa shape index (κ3) is 1.36. The third-order valence-corrected chi connectivity index (χ3v) is 3.85. The number of nitrogens with one attached hydrogen (secondary N) is 3. The van der Waals surface area contributed by atoms with Gasteiger partial charge in [-0.1, -0.05) is 0 Å². The van der Waals surface area contributed by atoms with E-state index in [0.717, 1.165) is 28.0 Å². The molecular formula is C14H13N5O. The Balaban J connectivity index is 1.93. The van der Waals surface area contributed by atoms with Crippen molar-refractivity contribution in [1.29, 1.82) is 0 Å². The van der Waals surface area contributed by atoms with Crippen LogP contribution in [0.25, 0.3) is 22.6 Å². The summed E-state index contributed by atoms with van der Waals surface area (Å²) in [5.74, 6) is 0.738. The molecule has 0 saturated heterocycles. The van der Waals surface area contributed by atoms with Crippen LogP contribution in [0, 0.1) is 0 Å². The maximum Gasteiger partial charge on any atom is 0.234 e. The molecule has 0 unspecified atom stereocenters. The highest BCUT2D eigenvalue weighted by molar-refractivity contribution is 6.07. The van der Waals surface area contributed by atoms with Crippen LogP contribution in [0.15, 0.2) is 24.7 Å². The van der Waals surface area contributed by atoms with E-state index in [0.29, 0.717) is 5.82 Å². The lowest BCUT2D eigenvalue weighted by atomic mass is 9.86. The van der Waals surface area contributed by atoms with Crippen molar-refractivity contribution >= 4 is 22.6 Å². The first-order valence-corrected chi connectivity index (χ1v) is 6.40. The Morgan fingerprint density at radius 3 is 2.85 bits per heavy atom. The Labute approximate surface area is 114 Å². The van der Waals surface area contributed by atoms with Gasteiger partial charge >= 0.3 is 0 Å². The van der Waals surface area contributed by atoms with Crippen molar-refractivity contribution in [3.63, 3.8) is 0 Å². The van der Waals surface area contributed by atoms with Crippen LogP contribution in [-0.2, 0) is 10.2 Å². The molecule has 1 aliphatic rings. The van der Waals surface area contributed by atoms with Gasteiger partial charge in [0.1, 0.15) is 5.69 Å². The Morgan fingerprint density at radius 2 is 2.10 bits per heavy atom. The molecule has 0 radical (unpaired) electrons. The number of nitrogens with zero attached hydrogens (tertiary/aromatic N) is 2. The van der Waals surface area contributed by atoms with Crippen molar-refractivity contribution in [3.8, 4) is 11.5 Å². The Hall–Kier alpha value is -2.63. The minimum absolute atomic E-state index is 0.0210. The molecule has 3 N–H and O–H groups in total. The molecule has 0 saturated carbocycles. The lowest BCUT2D eigenvalue weighted by molar-refractivity contribution is -0.119. The van der Waals surface area contributed by atoms with Crippen molar-refractivity contribution < 1.29 is 4.79 Å². The van der Waals surface area contributed by atoms with Crippen LogP contribution in [0.3, 0.4) is 0 Å². The van der Waals surface area contributed by atoms with Crippen molar-refractivity contribution in [2.45, 2.75) is 19.3 Å². The molecular weight excluding hydrogens is 254 g/mol. The van der Waals surface area contributed by atoms with Crippen LogP contribution in [0.4, 0.5) is 5.69 Å². The molecule has 0 bridgehead atoms. The fourth-order valence-corrected chi connectivity index (χ4v) is 2.59. The first kappa shape index (κ1) is 11.2. The molecule has 0 aliphatic carbocycles. The maximum absolute atomic E-state index is 12.0. The lowest BCUT2D eigenvalue weighted by Gasteiger charge is -2.14. The van der Waals surface area contributed by atoms with Gasteiger partial charge in [0.15, 0.2) is 5.82 Å². The number of benzene rings is 1. The zero-order valence-electron chi connectivity index (χ0n) is 11.1. The third-order valence-electron chi connectivity index (χ3n) is 3.85. The van der Waals surface area contributed by atoms with Crippen LogP contribution in [0.5, 0.6) is 0 Å². The predicted octanol–water partition coefficient (Wildman–Crippen LogP) is 2.18. The van der Waals surface area contributed by atoms with Gasteiger partial charge in [-0.2, -0.15) is 0 Å². The zero-order chi connectivity index (χ0) is 13.9. The smallest absolute Gasteiger partial charge is 0.234 e. The summed E-state index contributed by atoms with van der Waals surface area (Å²) in [7, 11) is 0. The molecule has 20 heavy (non-hydrogen) atoms. The standard InChI is InChI=1S/C14H13N5O/c1-14(2)7-3-9-10(4-8(7)19-13(14)20)18-12(17-9)11-5-15-6-16-11/h3-6H,1-2H3,(H,15,16)(H,17,18)(H,19,20). The number of rotatable bonds is 1. The van der Waals surface area contributed by atoms with Gasteiger partial charge in [-0.3, -0.25) is 4.79 Å². The topological polar surface area (TPSA) is 86.5 Å². The molecule has 1 aliphatic heterocycles. The van der Waals surface area contributed by atoms with E-state index in [9.17, 15) is 4.79 Å². The quantitative estimate of drug-likeness (QED) is 0.631. The molecule has 2 aromatic heterocycles. The van der Waals surface area contributed by atoms with Crippen LogP contribution in [0.2, 0.25) is 0 Å². The summed E-state index contributed by atoms with van der Waals surface area (Å²) in [6.07, 6.45) is 3.41. The number of anilines is 1. The Bertz CT molecular complexity index is 829. The highest BCUT2D eigenvalue weighted by Gasteiger charge is 2.38. The molecule has 6 nitrogen and oxygen atoms in total. The predicted molar refractivity (Wildman–Crippen MR) is 75.3 cm³/mol. The van der Waals surface area contributed by atoms with Gasteiger partial charge in [0, 0.05) is 11.9 Å². The number of hydrogen-bond donors (Lipinski definition) is 3. The van der Waals surface area contributed by atoms with Gasteiger partial charge in [-0.05, 0) is 31.5 Å². The van der Waals surface area contributed by atoms with Crippen LogP contribution in [0.1, 0.15) is 19.4 Å². The van der Waals surface area contributed by atoms with E-state index in [2.05, 4.69) is 25.3 Å². The number of hydrogen-bond acceptors (Lipinski definition) is 3. The number of imidazole rings is 2. The summed E-state index contributed by atoms with van der Waals surface area (Å²) in [6.45, 7) is 3.84. The average molecular weight is 267 g/mol. The van der Waals surface area contributed by atoms with E-state index in [-0.39, 0.29) is 5.91 Å².